The Hall–Kier alpha value is -1.23. The molecule has 3 rings (SSSR count). The summed E-state index contributed by atoms with van der Waals surface area (Å²) in [7, 11) is 0. The molecule has 0 aromatic carbocycles. The van der Waals surface area contributed by atoms with Gasteiger partial charge in [0.2, 0.25) is 0 Å². The first-order chi connectivity index (χ1) is 9.29. The molecule has 4 nitrogen and oxygen atoms in total. The summed E-state index contributed by atoms with van der Waals surface area (Å²) in [5, 5.41) is 3.29. The highest BCUT2D eigenvalue weighted by atomic mass is 19.1. The molecule has 0 unspecified atom stereocenters. The van der Waals surface area contributed by atoms with E-state index in [9.17, 15) is 4.39 Å². The van der Waals surface area contributed by atoms with E-state index in [-0.39, 0.29) is 11.9 Å². The van der Waals surface area contributed by atoms with Gasteiger partial charge in [0.1, 0.15) is 6.33 Å². The lowest BCUT2D eigenvalue weighted by Crippen LogP contribution is -2.38. The minimum absolute atomic E-state index is 0.273. The Labute approximate surface area is 112 Å². The summed E-state index contributed by atoms with van der Waals surface area (Å²) in [6.45, 7) is 2.73. The Morgan fingerprint density at radius 1 is 1.37 bits per heavy atom. The number of hydrogen-bond acceptors (Lipinski definition) is 4. The lowest BCUT2D eigenvalue weighted by molar-refractivity contribution is 0.0619. The molecule has 3 atom stereocenters. The SMILES string of the molecule is CCc1ncnc(N[C@@H]2CCC[C@@H]3OCC[C@@H]32)c1F. The molecule has 0 bridgehead atoms. The van der Waals surface area contributed by atoms with E-state index in [4.69, 9.17) is 4.74 Å². The Kier molecular flexibility index (Phi) is 3.64. The molecule has 19 heavy (non-hydrogen) atoms. The molecule has 0 radical (unpaired) electrons. The van der Waals surface area contributed by atoms with Crippen molar-refractivity contribution in [2.75, 3.05) is 11.9 Å². The van der Waals surface area contributed by atoms with Gasteiger partial charge in [0.15, 0.2) is 11.6 Å². The van der Waals surface area contributed by atoms with Crippen LogP contribution in [0.2, 0.25) is 0 Å². The van der Waals surface area contributed by atoms with E-state index in [1.54, 1.807) is 0 Å². The number of aryl methyl sites for hydroxylation is 1. The highest BCUT2D eigenvalue weighted by Crippen LogP contribution is 2.36. The molecular weight excluding hydrogens is 245 g/mol. The molecule has 1 saturated heterocycles. The zero-order valence-corrected chi connectivity index (χ0v) is 11.2. The highest BCUT2D eigenvalue weighted by molar-refractivity contribution is 5.38. The van der Waals surface area contributed by atoms with E-state index in [2.05, 4.69) is 15.3 Å². The Morgan fingerprint density at radius 2 is 2.26 bits per heavy atom. The fourth-order valence-corrected chi connectivity index (χ4v) is 3.28. The van der Waals surface area contributed by atoms with E-state index in [1.165, 1.54) is 6.33 Å². The van der Waals surface area contributed by atoms with Crippen molar-refractivity contribution in [2.45, 2.75) is 51.2 Å². The van der Waals surface area contributed by atoms with Crippen LogP contribution in [0.25, 0.3) is 0 Å². The molecule has 1 N–H and O–H groups in total. The van der Waals surface area contributed by atoms with E-state index in [0.717, 1.165) is 32.3 Å². The van der Waals surface area contributed by atoms with Crippen LogP contribution >= 0.6 is 0 Å². The maximum atomic E-state index is 14.2. The smallest absolute Gasteiger partial charge is 0.186 e. The lowest BCUT2D eigenvalue weighted by Gasteiger charge is -2.33. The van der Waals surface area contributed by atoms with Crippen LogP contribution in [0.4, 0.5) is 10.2 Å². The lowest BCUT2D eigenvalue weighted by atomic mass is 9.82. The normalized spacial score (nSPS) is 30.1. The maximum absolute atomic E-state index is 14.2. The Morgan fingerprint density at radius 3 is 3.11 bits per heavy atom. The van der Waals surface area contributed by atoms with Gasteiger partial charge >= 0.3 is 0 Å². The minimum atomic E-state index is -0.300. The van der Waals surface area contributed by atoms with E-state index < -0.39 is 0 Å². The second kappa shape index (κ2) is 5.41. The number of anilines is 1. The maximum Gasteiger partial charge on any atom is 0.186 e. The summed E-state index contributed by atoms with van der Waals surface area (Å²) in [6.07, 6.45) is 6.77. The van der Waals surface area contributed by atoms with Crippen LogP contribution in [0.15, 0.2) is 6.33 Å². The average Bonchev–Trinajstić information content (AvgIpc) is 2.90. The van der Waals surface area contributed by atoms with E-state index in [1.807, 2.05) is 6.92 Å². The monoisotopic (exact) mass is 265 g/mol. The molecule has 0 amide bonds. The van der Waals surface area contributed by atoms with Crippen molar-refractivity contribution in [3.63, 3.8) is 0 Å². The van der Waals surface area contributed by atoms with Gasteiger partial charge in [0.05, 0.1) is 11.8 Å². The average molecular weight is 265 g/mol. The molecule has 2 aliphatic rings. The number of ether oxygens (including phenoxy) is 1. The standard InChI is InChI=1S/C14H20FN3O/c1-2-10-13(15)14(17-8-16-10)18-11-4-3-5-12-9(11)6-7-19-12/h8-9,11-12H,2-7H2,1H3,(H,16,17,18)/t9-,11-,12+/m1/s1. The molecular formula is C14H20FN3O. The van der Waals surface area contributed by atoms with Crippen molar-refractivity contribution >= 4 is 5.82 Å². The summed E-state index contributed by atoms with van der Waals surface area (Å²) < 4.78 is 19.9. The van der Waals surface area contributed by atoms with Crippen LogP contribution in [0.3, 0.4) is 0 Å². The summed E-state index contributed by atoms with van der Waals surface area (Å²) in [6, 6.07) is 0.273. The molecule has 0 spiro atoms. The molecule has 1 aliphatic carbocycles. The van der Waals surface area contributed by atoms with Gasteiger partial charge in [-0.1, -0.05) is 6.92 Å². The van der Waals surface area contributed by atoms with Crippen molar-refractivity contribution < 1.29 is 9.13 Å². The fraction of sp³-hybridized carbons (Fsp3) is 0.714. The zero-order chi connectivity index (χ0) is 13.2. The van der Waals surface area contributed by atoms with E-state index >= 15 is 0 Å². The fourth-order valence-electron chi connectivity index (χ4n) is 3.28. The molecule has 1 aliphatic heterocycles. The third-order valence-electron chi connectivity index (χ3n) is 4.30. The number of hydrogen-bond donors (Lipinski definition) is 1. The topological polar surface area (TPSA) is 47.0 Å². The van der Waals surface area contributed by atoms with Crippen molar-refractivity contribution in [2.24, 2.45) is 5.92 Å². The molecule has 104 valence electrons. The summed E-state index contributed by atoms with van der Waals surface area (Å²) in [5.74, 6) is 0.545. The quantitative estimate of drug-likeness (QED) is 0.912. The van der Waals surface area contributed by atoms with Crippen LogP contribution < -0.4 is 5.32 Å². The van der Waals surface area contributed by atoms with Gasteiger partial charge in [-0.15, -0.1) is 0 Å². The number of halogens is 1. The van der Waals surface area contributed by atoms with Gasteiger partial charge < -0.3 is 10.1 Å². The number of rotatable bonds is 3. The molecule has 5 heteroatoms. The second-order valence-electron chi connectivity index (χ2n) is 5.38. The van der Waals surface area contributed by atoms with Gasteiger partial charge in [-0.2, -0.15) is 0 Å². The first-order valence-corrected chi connectivity index (χ1v) is 7.17. The van der Waals surface area contributed by atoms with Gasteiger partial charge in [-0.05, 0) is 32.1 Å². The van der Waals surface area contributed by atoms with Gasteiger partial charge in [0, 0.05) is 18.6 Å². The van der Waals surface area contributed by atoms with Gasteiger partial charge in [-0.25, -0.2) is 14.4 Å². The second-order valence-corrected chi connectivity index (χ2v) is 5.38. The predicted molar refractivity (Wildman–Crippen MR) is 70.5 cm³/mol. The summed E-state index contributed by atoms with van der Waals surface area (Å²) in [4.78, 5) is 8.02. The Bertz CT molecular complexity index is 454. The van der Waals surface area contributed by atoms with Crippen LogP contribution in [-0.2, 0) is 11.2 Å². The first kappa shape index (κ1) is 12.8. The predicted octanol–water partition coefficient (Wildman–Crippen LogP) is 2.55. The molecule has 1 saturated carbocycles. The van der Waals surface area contributed by atoms with Crippen LogP contribution in [0.1, 0.15) is 38.3 Å². The van der Waals surface area contributed by atoms with Crippen molar-refractivity contribution in [3.8, 4) is 0 Å². The largest absolute Gasteiger partial charge is 0.378 e. The molecule has 2 heterocycles. The first-order valence-electron chi connectivity index (χ1n) is 7.17. The zero-order valence-electron chi connectivity index (χ0n) is 11.2. The van der Waals surface area contributed by atoms with Gasteiger partial charge in [-0.3, -0.25) is 0 Å². The van der Waals surface area contributed by atoms with E-state index in [0.29, 0.717) is 30.0 Å². The summed E-state index contributed by atoms with van der Waals surface area (Å²) >= 11 is 0. The number of nitrogens with one attached hydrogen (secondary N) is 1. The Balaban J connectivity index is 1.77. The number of nitrogens with zero attached hydrogens (tertiary/aromatic N) is 2. The summed E-state index contributed by atoms with van der Waals surface area (Å²) in [5.41, 5.74) is 0.479. The molecule has 1 aromatic heterocycles. The van der Waals surface area contributed by atoms with Crippen LogP contribution in [-0.4, -0.2) is 28.7 Å². The number of aromatic nitrogens is 2. The number of fused-ring (bicyclic) bond motifs is 1. The third-order valence-corrected chi connectivity index (χ3v) is 4.30. The molecule has 1 aromatic rings. The molecule has 2 fully saturated rings. The van der Waals surface area contributed by atoms with Gasteiger partial charge in [0.25, 0.3) is 0 Å². The van der Waals surface area contributed by atoms with Crippen LogP contribution in [0, 0.1) is 11.7 Å². The highest BCUT2D eigenvalue weighted by Gasteiger charge is 2.38. The van der Waals surface area contributed by atoms with Crippen molar-refractivity contribution in [1.82, 2.24) is 9.97 Å². The van der Waals surface area contributed by atoms with Crippen LogP contribution in [0.5, 0.6) is 0 Å². The third kappa shape index (κ3) is 2.43. The van der Waals surface area contributed by atoms with Crippen molar-refractivity contribution in [3.05, 3.63) is 17.8 Å². The van der Waals surface area contributed by atoms with Crippen molar-refractivity contribution in [1.29, 1.82) is 0 Å². The minimum Gasteiger partial charge on any atom is -0.378 e.